The molecule has 3 nitrogen and oxygen atoms in total. The molecule has 0 radical (unpaired) electrons. The summed E-state index contributed by atoms with van der Waals surface area (Å²) >= 11 is 0. The van der Waals surface area contributed by atoms with Gasteiger partial charge in [0.05, 0.1) is 6.26 Å². The molecule has 1 aromatic rings. The summed E-state index contributed by atoms with van der Waals surface area (Å²) in [7, 11) is 0. The first-order chi connectivity index (χ1) is 8.22. The minimum absolute atomic E-state index is 0.161. The van der Waals surface area contributed by atoms with Gasteiger partial charge in [0.1, 0.15) is 6.61 Å². The van der Waals surface area contributed by atoms with Crippen LogP contribution in [0.2, 0.25) is 0 Å². The summed E-state index contributed by atoms with van der Waals surface area (Å²) in [5.41, 5.74) is 2.14. The van der Waals surface area contributed by atoms with Crippen molar-refractivity contribution in [3.63, 3.8) is 0 Å². The molecule has 0 saturated carbocycles. The van der Waals surface area contributed by atoms with Crippen LogP contribution >= 0.6 is 0 Å². The molecule has 0 bridgehead atoms. The number of hydrogen-bond donors (Lipinski definition) is 1. The van der Waals surface area contributed by atoms with Crippen molar-refractivity contribution in [1.29, 1.82) is 0 Å². The quantitative estimate of drug-likeness (QED) is 0.736. The number of ether oxygens (including phenoxy) is 1. The summed E-state index contributed by atoms with van der Waals surface area (Å²) < 4.78 is 5.45. The highest BCUT2D eigenvalue weighted by atomic mass is 16.5. The molecule has 0 aliphatic heterocycles. The number of hydrogen-bond acceptors (Lipinski definition) is 2. The standard InChI is InChI=1S/C14H18O3/c1-2-12(8-9-14(15)16)10-17-11-13-6-4-3-5-7-13/h3-7,10H,2,8-9,11H2,1H3,(H,15,16)/b12-10+. The Hall–Kier alpha value is -1.77. The van der Waals surface area contributed by atoms with Crippen LogP contribution in [0.25, 0.3) is 0 Å². The van der Waals surface area contributed by atoms with E-state index in [1.807, 2.05) is 37.3 Å². The zero-order valence-corrected chi connectivity index (χ0v) is 10.1. The first kappa shape index (κ1) is 13.3. The van der Waals surface area contributed by atoms with Gasteiger partial charge >= 0.3 is 5.97 Å². The summed E-state index contributed by atoms with van der Waals surface area (Å²) in [5.74, 6) is -0.771. The Morgan fingerprint density at radius 1 is 1.29 bits per heavy atom. The largest absolute Gasteiger partial charge is 0.497 e. The van der Waals surface area contributed by atoms with Gasteiger partial charge in [0.2, 0.25) is 0 Å². The Bertz CT molecular complexity index is 368. The van der Waals surface area contributed by atoms with Gasteiger partial charge in [0, 0.05) is 6.42 Å². The first-order valence-corrected chi connectivity index (χ1v) is 5.77. The third-order valence-electron chi connectivity index (χ3n) is 2.46. The molecule has 1 N–H and O–H groups in total. The summed E-state index contributed by atoms with van der Waals surface area (Å²) in [5, 5.41) is 8.59. The molecule has 0 aliphatic rings. The monoisotopic (exact) mass is 234 g/mol. The molecule has 0 aliphatic carbocycles. The van der Waals surface area contributed by atoms with Crippen LogP contribution in [0.1, 0.15) is 31.7 Å². The van der Waals surface area contributed by atoms with E-state index in [2.05, 4.69) is 0 Å². The highest BCUT2D eigenvalue weighted by Gasteiger charge is 2.00. The van der Waals surface area contributed by atoms with Crippen LogP contribution in [0.5, 0.6) is 0 Å². The molecular weight excluding hydrogens is 216 g/mol. The van der Waals surface area contributed by atoms with Crippen LogP contribution in [-0.4, -0.2) is 11.1 Å². The van der Waals surface area contributed by atoms with Crippen molar-refractivity contribution < 1.29 is 14.6 Å². The maximum atomic E-state index is 10.4. The first-order valence-electron chi connectivity index (χ1n) is 5.77. The predicted octanol–water partition coefficient (Wildman–Crippen LogP) is 3.36. The Kier molecular flexibility index (Phi) is 5.86. The van der Waals surface area contributed by atoms with E-state index in [4.69, 9.17) is 9.84 Å². The number of allylic oxidation sites excluding steroid dienone is 1. The molecule has 17 heavy (non-hydrogen) atoms. The topological polar surface area (TPSA) is 46.5 Å². The summed E-state index contributed by atoms with van der Waals surface area (Å²) in [6.45, 7) is 2.52. The molecule has 0 amide bonds. The second kappa shape index (κ2) is 7.49. The normalized spacial score (nSPS) is 11.2. The van der Waals surface area contributed by atoms with Gasteiger partial charge in [0.25, 0.3) is 0 Å². The smallest absolute Gasteiger partial charge is 0.303 e. The van der Waals surface area contributed by atoms with Crippen LogP contribution in [0.4, 0.5) is 0 Å². The highest BCUT2D eigenvalue weighted by Crippen LogP contribution is 2.10. The van der Waals surface area contributed by atoms with E-state index in [1.165, 1.54) is 0 Å². The number of carbonyl (C=O) groups is 1. The van der Waals surface area contributed by atoms with Crippen molar-refractivity contribution in [3.8, 4) is 0 Å². The molecule has 0 spiro atoms. The van der Waals surface area contributed by atoms with Gasteiger partial charge in [0.15, 0.2) is 0 Å². The van der Waals surface area contributed by atoms with Crippen molar-refractivity contribution in [1.82, 2.24) is 0 Å². The molecule has 3 heteroatoms. The summed E-state index contributed by atoms with van der Waals surface area (Å²) in [6.07, 6.45) is 3.23. The maximum absolute atomic E-state index is 10.4. The Morgan fingerprint density at radius 3 is 2.59 bits per heavy atom. The lowest BCUT2D eigenvalue weighted by molar-refractivity contribution is -0.136. The van der Waals surface area contributed by atoms with E-state index >= 15 is 0 Å². The summed E-state index contributed by atoms with van der Waals surface area (Å²) in [6, 6.07) is 9.89. The van der Waals surface area contributed by atoms with Crippen LogP contribution < -0.4 is 0 Å². The van der Waals surface area contributed by atoms with Gasteiger partial charge in [-0.1, -0.05) is 37.3 Å². The molecular formula is C14H18O3. The Morgan fingerprint density at radius 2 is 2.00 bits per heavy atom. The minimum atomic E-state index is -0.771. The minimum Gasteiger partial charge on any atom is -0.497 e. The fraction of sp³-hybridized carbons (Fsp3) is 0.357. The molecule has 92 valence electrons. The van der Waals surface area contributed by atoms with E-state index in [-0.39, 0.29) is 6.42 Å². The SMILES string of the molecule is CC/C(=C\OCc1ccccc1)CCC(=O)O. The lowest BCUT2D eigenvalue weighted by atomic mass is 10.1. The zero-order chi connectivity index (χ0) is 12.5. The Labute approximate surface area is 102 Å². The molecule has 1 rings (SSSR count). The van der Waals surface area contributed by atoms with Crippen molar-refractivity contribution in [2.75, 3.05) is 0 Å². The van der Waals surface area contributed by atoms with Gasteiger partial charge in [-0.05, 0) is 24.0 Å². The molecule has 0 fully saturated rings. The fourth-order valence-corrected chi connectivity index (χ4v) is 1.42. The van der Waals surface area contributed by atoms with Crippen molar-refractivity contribution in [3.05, 3.63) is 47.7 Å². The van der Waals surface area contributed by atoms with Gasteiger partial charge in [-0.15, -0.1) is 0 Å². The molecule has 0 saturated heterocycles. The van der Waals surface area contributed by atoms with Crippen LogP contribution in [0.15, 0.2) is 42.2 Å². The van der Waals surface area contributed by atoms with Crippen molar-refractivity contribution in [2.24, 2.45) is 0 Å². The van der Waals surface area contributed by atoms with E-state index in [1.54, 1.807) is 6.26 Å². The average molecular weight is 234 g/mol. The maximum Gasteiger partial charge on any atom is 0.303 e. The Balaban J connectivity index is 2.37. The van der Waals surface area contributed by atoms with E-state index < -0.39 is 5.97 Å². The molecule has 1 aromatic carbocycles. The van der Waals surface area contributed by atoms with Crippen molar-refractivity contribution in [2.45, 2.75) is 32.8 Å². The second-order valence-electron chi connectivity index (χ2n) is 3.82. The third kappa shape index (κ3) is 5.76. The van der Waals surface area contributed by atoms with E-state index in [0.717, 1.165) is 17.6 Å². The van der Waals surface area contributed by atoms with Crippen molar-refractivity contribution >= 4 is 5.97 Å². The fourth-order valence-electron chi connectivity index (χ4n) is 1.42. The number of benzene rings is 1. The van der Waals surface area contributed by atoms with E-state index in [9.17, 15) is 4.79 Å². The van der Waals surface area contributed by atoms with Gasteiger partial charge in [-0.3, -0.25) is 4.79 Å². The number of rotatable bonds is 7. The third-order valence-corrected chi connectivity index (χ3v) is 2.46. The van der Waals surface area contributed by atoms with Crippen LogP contribution in [0.3, 0.4) is 0 Å². The van der Waals surface area contributed by atoms with Gasteiger partial charge in [-0.2, -0.15) is 0 Å². The number of carboxylic acids is 1. The second-order valence-corrected chi connectivity index (χ2v) is 3.82. The molecule has 0 aromatic heterocycles. The number of carboxylic acid groups (broad SMARTS) is 1. The lowest BCUT2D eigenvalue weighted by Crippen LogP contribution is -1.96. The predicted molar refractivity (Wildman–Crippen MR) is 66.5 cm³/mol. The highest BCUT2D eigenvalue weighted by molar-refractivity contribution is 5.67. The molecule has 0 unspecified atom stereocenters. The molecule has 0 atom stereocenters. The zero-order valence-electron chi connectivity index (χ0n) is 10.1. The number of aliphatic carboxylic acids is 1. The molecule has 0 heterocycles. The average Bonchev–Trinajstić information content (AvgIpc) is 2.34. The van der Waals surface area contributed by atoms with Gasteiger partial charge in [-0.25, -0.2) is 0 Å². The summed E-state index contributed by atoms with van der Waals surface area (Å²) in [4.78, 5) is 10.4. The van der Waals surface area contributed by atoms with Crippen LogP contribution in [0, 0.1) is 0 Å². The van der Waals surface area contributed by atoms with Gasteiger partial charge < -0.3 is 9.84 Å². The van der Waals surface area contributed by atoms with Crippen LogP contribution in [-0.2, 0) is 16.1 Å². The van der Waals surface area contributed by atoms with E-state index in [0.29, 0.717) is 13.0 Å². The lowest BCUT2D eigenvalue weighted by Gasteiger charge is -2.05.